The summed E-state index contributed by atoms with van der Waals surface area (Å²) in [5, 5.41) is 7.71. The van der Waals surface area contributed by atoms with Crippen molar-refractivity contribution in [3.63, 3.8) is 0 Å². The van der Waals surface area contributed by atoms with Crippen LogP contribution in [0.1, 0.15) is 19.3 Å². The maximum Gasteiger partial charge on any atom is 4.00 e. The molecule has 0 aromatic heterocycles. The van der Waals surface area contributed by atoms with Crippen molar-refractivity contribution < 1.29 is 21.7 Å². The van der Waals surface area contributed by atoms with Gasteiger partial charge >= 0.3 is 21.7 Å². The molecule has 0 N–H and O–H groups in total. The first-order valence-corrected chi connectivity index (χ1v) is 5.88. The molecule has 0 aromatic rings. The second-order valence-electron chi connectivity index (χ2n) is 3.24. The molecule has 0 aliphatic heterocycles. The molecule has 0 saturated heterocycles. The third-order valence-electron chi connectivity index (χ3n) is 1.70. The van der Waals surface area contributed by atoms with Crippen LogP contribution >= 0.6 is 0 Å². The summed E-state index contributed by atoms with van der Waals surface area (Å²) in [6.07, 6.45) is 15.8. The maximum absolute atomic E-state index is 3.85. The van der Waals surface area contributed by atoms with Gasteiger partial charge in [0.25, 0.3) is 0 Å². The zero-order valence-corrected chi connectivity index (χ0v) is 14.3. The van der Waals surface area contributed by atoms with Crippen LogP contribution in [0.4, 0.5) is 0 Å². The van der Waals surface area contributed by atoms with Crippen molar-refractivity contribution in [3.8, 4) is 0 Å². The fourth-order valence-corrected chi connectivity index (χ4v) is 0.781. The van der Waals surface area contributed by atoms with Gasteiger partial charge in [0, 0.05) is 0 Å². The van der Waals surface area contributed by atoms with E-state index in [9.17, 15) is 0 Å². The molecule has 19 heavy (non-hydrogen) atoms. The van der Waals surface area contributed by atoms with Crippen molar-refractivity contribution in [1.82, 2.24) is 0 Å². The Morgan fingerprint density at radius 1 is 1.11 bits per heavy atom. The Labute approximate surface area is 136 Å². The standard InChI is InChI=1S/2C5H10N.C5H5.CH3.Ti/c2*1-3-4-5-6-2;1-2-4-5-3-1;;/h2*3H,1,4-5H2,2H3;1-3H,4H2;1H3;/q4*-1;+4. The predicted octanol–water partition coefficient (Wildman–Crippen LogP) is 4.89. The van der Waals surface area contributed by atoms with E-state index in [2.05, 4.69) is 35.9 Å². The molecule has 1 rings (SSSR count). The zero-order valence-electron chi connectivity index (χ0n) is 12.7. The molecule has 0 amide bonds. The Morgan fingerprint density at radius 2 is 1.58 bits per heavy atom. The van der Waals surface area contributed by atoms with Crippen LogP contribution in [0.2, 0.25) is 0 Å². The van der Waals surface area contributed by atoms with Crippen molar-refractivity contribution in [1.29, 1.82) is 0 Å². The van der Waals surface area contributed by atoms with Gasteiger partial charge < -0.3 is 18.1 Å². The fraction of sp³-hybridized carbons (Fsp3) is 0.438. The van der Waals surface area contributed by atoms with Crippen molar-refractivity contribution in [2.24, 2.45) is 0 Å². The van der Waals surface area contributed by atoms with Crippen LogP contribution in [-0.4, -0.2) is 27.2 Å². The first-order valence-electron chi connectivity index (χ1n) is 5.88. The normalized spacial score (nSPS) is 9.79. The van der Waals surface area contributed by atoms with E-state index in [-0.39, 0.29) is 29.1 Å². The van der Waals surface area contributed by atoms with Crippen molar-refractivity contribution in [2.75, 3.05) is 27.2 Å². The topological polar surface area (TPSA) is 28.2 Å². The smallest absolute Gasteiger partial charge is 0.665 e. The third-order valence-corrected chi connectivity index (χ3v) is 1.70. The van der Waals surface area contributed by atoms with Gasteiger partial charge in [0.15, 0.2) is 0 Å². The number of nitrogens with zero attached hydrogens (tertiary/aromatic N) is 2. The average Bonchev–Trinajstić information content (AvgIpc) is 2.93. The second-order valence-corrected chi connectivity index (χ2v) is 3.24. The largest absolute Gasteiger partial charge is 4.00 e. The molecule has 106 valence electrons. The predicted molar refractivity (Wildman–Crippen MR) is 85.9 cm³/mol. The van der Waals surface area contributed by atoms with E-state index in [1.165, 1.54) is 0 Å². The van der Waals surface area contributed by atoms with E-state index < -0.39 is 0 Å². The Kier molecular flexibility index (Phi) is 43.4. The molecule has 3 heteroatoms. The van der Waals surface area contributed by atoms with Crippen molar-refractivity contribution >= 4 is 0 Å². The van der Waals surface area contributed by atoms with Crippen LogP contribution in [0, 0.1) is 13.5 Å². The summed E-state index contributed by atoms with van der Waals surface area (Å²) < 4.78 is 0. The summed E-state index contributed by atoms with van der Waals surface area (Å²) in [4.78, 5) is 0. The summed E-state index contributed by atoms with van der Waals surface area (Å²) in [5.41, 5.74) is 0. The van der Waals surface area contributed by atoms with Gasteiger partial charge in [0.05, 0.1) is 0 Å². The van der Waals surface area contributed by atoms with Crippen molar-refractivity contribution in [2.45, 2.75) is 19.3 Å². The third kappa shape index (κ3) is 38.1. The minimum atomic E-state index is 0. The summed E-state index contributed by atoms with van der Waals surface area (Å²) in [7, 11) is 3.62. The SMILES string of the molecule is C=CCC[N-]C.C=CCC[N-]C.[C-]1=CC=CC1.[CH3-].[Ti+4]. The first-order chi connectivity index (χ1) is 8.33. The van der Waals surface area contributed by atoms with Crippen LogP contribution in [0.15, 0.2) is 43.5 Å². The molecule has 0 saturated carbocycles. The molecule has 1 aliphatic rings. The van der Waals surface area contributed by atoms with E-state index in [0.29, 0.717) is 0 Å². The molecule has 0 heterocycles. The maximum atomic E-state index is 3.85. The summed E-state index contributed by atoms with van der Waals surface area (Å²) in [6, 6.07) is 0. The molecule has 0 unspecified atom stereocenters. The summed E-state index contributed by atoms with van der Waals surface area (Å²) in [6.45, 7) is 8.92. The number of hydrogen-bond donors (Lipinski definition) is 0. The average molecular weight is 296 g/mol. The van der Waals surface area contributed by atoms with E-state index in [0.717, 1.165) is 32.4 Å². The van der Waals surface area contributed by atoms with Gasteiger partial charge in [-0.3, -0.25) is 6.08 Å². The minimum absolute atomic E-state index is 0. The first kappa shape index (κ1) is 27.0. The Morgan fingerprint density at radius 3 is 1.68 bits per heavy atom. The monoisotopic (exact) mass is 296 g/mol. The van der Waals surface area contributed by atoms with Gasteiger partial charge in [-0.2, -0.15) is 20.2 Å². The zero-order chi connectivity index (χ0) is 13.2. The number of rotatable bonds is 6. The summed E-state index contributed by atoms with van der Waals surface area (Å²) >= 11 is 0. The van der Waals surface area contributed by atoms with Gasteiger partial charge in [0.2, 0.25) is 0 Å². The van der Waals surface area contributed by atoms with Gasteiger partial charge in [0.1, 0.15) is 0 Å². The summed E-state index contributed by atoms with van der Waals surface area (Å²) in [5.74, 6) is 0. The minimum Gasteiger partial charge on any atom is -0.665 e. The number of allylic oxidation sites excluding steroid dienone is 4. The van der Waals surface area contributed by atoms with Crippen LogP contribution in [-0.2, 0) is 21.7 Å². The molecule has 0 aromatic carbocycles. The Bertz CT molecular complexity index is 189. The van der Waals surface area contributed by atoms with Crippen molar-refractivity contribution in [3.05, 3.63) is 67.7 Å². The Hall–Kier alpha value is -0.406. The molecule has 1 aliphatic carbocycles. The molecule has 0 atom stereocenters. The van der Waals surface area contributed by atoms with E-state index in [4.69, 9.17) is 0 Å². The van der Waals surface area contributed by atoms with Gasteiger partial charge in [-0.25, -0.2) is 12.2 Å². The van der Waals surface area contributed by atoms with Crippen LogP contribution in [0.25, 0.3) is 10.6 Å². The van der Waals surface area contributed by atoms with E-state index in [1.54, 1.807) is 0 Å². The van der Waals surface area contributed by atoms with Crippen LogP contribution in [0.3, 0.4) is 0 Å². The molecule has 0 radical (unpaired) electrons. The molecular formula is C16H28N2Ti. The molecule has 0 spiro atoms. The van der Waals surface area contributed by atoms with E-state index >= 15 is 0 Å². The van der Waals surface area contributed by atoms with Gasteiger partial charge in [-0.15, -0.1) is 32.7 Å². The molecule has 0 bridgehead atoms. The quantitative estimate of drug-likeness (QED) is 0.289. The fourth-order valence-electron chi connectivity index (χ4n) is 0.781. The molecular weight excluding hydrogens is 268 g/mol. The van der Waals surface area contributed by atoms with Crippen LogP contribution < -0.4 is 0 Å². The van der Waals surface area contributed by atoms with E-state index in [1.807, 2.05) is 38.4 Å². The van der Waals surface area contributed by atoms with Crippen LogP contribution in [0.5, 0.6) is 0 Å². The Balaban J connectivity index is -0.0000000845. The molecule has 0 fully saturated rings. The molecule has 2 nitrogen and oxygen atoms in total. The van der Waals surface area contributed by atoms with Gasteiger partial charge in [-0.05, 0) is 0 Å². The van der Waals surface area contributed by atoms with Gasteiger partial charge in [-0.1, -0.05) is 25.0 Å². The number of hydrogen-bond acceptors (Lipinski definition) is 0. The second kappa shape index (κ2) is 30.5.